The molecule has 1 amide bonds. The molecule has 6 heteroatoms. The molecule has 1 aliphatic rings. The van der Waals surface area contributed by atoms with Crippen molar-refractivity contribution in [1.82, 2.24) is 10.3 Å². The first-order chi connectivity index (χ1) is 9.60. The van der Waals surface area contributed by atoms with Gasteiger partial charge in [0.05, 0.1) is 21.2 Å². The van der Waals surface area contributed by atoms with Crippen LogP contribution in [-0.4, -0.2) is 31.0 Å². The van der Waals surface area contributed by atoms with Crippen LogP contribution in [0.4, 0.5) is 5.13 Å². The minimum Gasteiger partial charge on any atom is -0.359 e. The second-order valence-corrected chi connectivity index (χ2v) is 6.47. The number of rotatable bonds is 2. The van der Waals surface area contributed by atoms with Gasteiger partial charge in [-0.05, 0) is 25.0 Å². The highest BCUT2D eigenvalue weighted by atomic mass is 35.5. The zero-order chi connectivity index (χ0) is 14.3. The summed E-state index contributed by atoms with van der Waals surface area (Å²) in [4.78, 5) is 18.6. The standard InChI is InChI=1S/C14H16ClN3OS/c1-8-3-4-10(15)12-11(8)17-14(20-12)18-6-5-9(7-18)13(19)16-2/h3-4,9H,5-7H2,1-2H3,(H,16,19). The van der Waals surface area contributed by atoms with Crippen LogP contribution in [0.25, 0.3) is 10.2 Å². The molecule has 2 aromatic rings. The van der Waals surface area contributed by atoms with Crippen molar-refractivity contribution in [3.8, 4) is 0 Å². The molecule has 0 radical (unpaired) electrons. The molecule has 1 aliphatic heterocycles. The molecule has 1 atom stereocenters. The fraction of sp³-hybridized carbons (Fsp3) is 0.429. The van der Waals surface area contributed by atoms with Crippen molar-refractivity contribution in [2.24, 2.45) is 5.92 Å². The number of amides is 1. The largest absolute Gasteiger partial charge is 0.359 e. The molecular formula is C14H16ClN3OS. The van der Waals surface area contributed by atoms with E-state index in [1.54, 1.807) is 18.4 Å². The predicted octanol–water partition coefficient (Wildman–Crippen LogP) is 2.83. The summed E-state index contributed by atoms with van der Waals surface area (Å²) >= 11 is 7.85. The summed E-state index contributed by atoms with van der Waals surface area (Å²) in [6, 6.07) is 3.91. The van der Waals surface area contributed by atoms with Crippen LogP contribution in [0, 0.1) is 12.8 Å². The molecule has 4 nitrogen and oxygen atoms in total. The molecule has 1 aromatic heterocycles. The quantitative estimate of drug-likeness (QED) is 0.928. The number of hydrogen-bond acceptors (Lipinski definition) is 4. The third-order valence-corrected chi connectivity index (χ3v) is 5.34. The molecule has 20 heavy (non-hydrogen) atoms. The van der Waals surface area contributed by atoms with Gasteiger partial charge >= 0.3 is 0 Å². The van der Waals surface area contributed by atoms with Gasteiger partial charge in [-0.15, -0.1) is 0 Å². The third kappa shape index (κ3) is 2.25. The van der Waals surface area contributed by atoms with E-state index in [4.69, 9.17) is 16.6 Å². The number of anilines is 1. The monoisotopic (exact) mass is 309 g/mol. The van der Waals surface area contributed by atoms with Crippen molar-refractivity contribution in [2.45, 2.75) is 13.3 Å². The maximum Gasteiger partial charge on any atom is 0.224 e. The highest BCUT2D eigenvalue weighted by Crippen LogP contribution is 2.37. The Hall–Kier alpha value is -1.33. The van der Waals surface area contributed by atoms with Gasteiger partial charge in [0.15, 0.2) is 5.13 Å². The van der Waals surface area contributed by atoms with E-state index in [0.717, 1.165) is 45.4 Å². The smallest absolute Gasteiger partial charge is 0.224 e. The van der Waals surface area contributed by atoms with E-state index in [2.05, 4.69) is 10.2 Å². The van der Waals surface area contributed by atoms with Gasteiger partial charge in [-0.2, -0.15) is 0 Å². The van der Waals surface area contributed by atoms with Crippen molar-refractivity contribution in [1.29, 1.82) is 0 Å². The Morgan fingerprint density at radius 3 is 3.05 bits per heavy atom. The summed E-state index contributed by atoms with van der Waals surface area (Å²) < 4.78 is 1.03. The Kier molecular flexibility index (Phi) is 3.56. The Morgan fingerprint density at radius 1 is 1.55 bits per heavy atom. The van der Waals surface area contributed by atoms with E-state index in [1.807, 2.05) is 19.1 Å². The first-order valence-corrected chi connectivity index (χ1v) is 7.81. The number of fused-ring (bicyclic) bond motifs is 1. The number of benzene rings is 1. The van der Waals surface area contributed by atoms with Gasteiger partial charge in [0.25, 0.3) is 0 Å². The highest BCUT2D eigenvalue weighted by Gasteiger charge is 2.29. The van der Waals surface area contributed by atoms with Gasteiger partial charge < -0.3 is 10.2 Å². The van der Waals surface area contributed by atoms with Crippen molar-refractivity contribution < 1.29 is 4.79 Å². The van der Waals surface area contributed by atoms with Crippen LogP contribution in [0.15, 0.2) is 12.1 Å². The average molecular weight is 310 g/mol. The van der Waals surface area contributed by atoms with Crippen LogP contribution in [0.5, 0.6) is 0 Å². The Bertz CT molecular complexity index is 631. The fourth-order valence-electron chi connectivity index (χ4n) is 2.58. The average Bonchev–Trinajstić information content (AvgIpc) is 3.08. The summed E-state index contributed by atoms with van der Waals surface area (Å²) in [6.45, 7) is 3.64. The van der Waals surface area contributed by atoms with Crippen LogP contribution in [-0.2, 0) is 4.79 Å². The van der Waals surface area contributed by atoms with Gasteiger partial charge in [-0.1, -0.05) is 29.0 Å². The summed E-state index contributed by atoms with van der Waals surface area (Å²) in [5, 5.41) is 4.43. The lowest BCUT2D eigenvalue weighted by molar-refractivity contribution is -0.123. The number of halogens is 1. The first kappa shape index (κ1) is 13.6. The summed E-state index contributed by atoms with van der Waals surface area (Å²) in [7, 11) is 1.69. The number of hydrogen-bond donors (Lipinski definition) is 1. The number of carbonyl (C=O) groups is 1. The molecule has 0 bridgehead atoms. The summed E-state index contributed by atoms with van der Waals surface area (Å²) in [5.74, 6) is 0.173. The first-order valence-electron chi connectivity index (χ1n) is 6.62. The van der Waals surface area contributed by atoms with Crippen LogP contribution >= 0.6 is 22.9 Å². The van der Waals surface area contributed by atoms with E-state index >= 15 is 0 Å². The highest BCUT2D eigenvalue weighted by molar-refractivity contribution is 7.22. The maximum atomic E-state index is 11.7. The summed E-state index contributed by atoms with van der Waals surface area (Å²) in [6.07, 6.45) is 0.877. The molecule has 0 spiro atoms. The topological polar surface area (TPSA) is 45.2 Å². The number of aryl methyl sites for hydroxylation is 1. The van der Waals surface area contributed by atoms with E-state index in [9.17, 15) is 4.79 Å². The lowest BCUT2D eigenvalue weighted by Crippen LogP contribution is -2.30. The molecule has 0 saturated carbocycles. The Labute approximate surface area is 126 Å². The fourth-order valence-corrected chi connectivity index (χ4v) is 3.93. The van der Waals surface area contributed by atoms with Gasteiger partial charge in [-0.3, -0.25) is 4.79 Å². The van der Waals surface area contributed by atoms with Gasteiger partial charge in [0.1, 0.15) is 0 Å². The zero-order valence-electron chi connectivity index (χ0n) is 11.4. The number of nitrogens with zero attached hydrogens (tertiary/aromatic N) is 2. The lowest BCUT2D eigenvalue weighted by Gasteiger charge is -2.14. The Balaban J connectivity index is 1.91. The van der Waals surface area contributed by atoms with Crippen molar-refractivity contribution in [3.05, 3.63) is 22.7 Å². The van der Waals surface area contributed by atoms with E-state index < -0.39 is 0 Å². The molecule has 2 heterocycles. The Morgan fingerprint density at radius 2 is 2.35 bits per heavy atom. The molecular weight excluding hydrogens is 294 g/mol. The zero-order valence-corrected chi connectivity index (χ0v) is 13.0. The van der Waals surface area contributed by atoms with E-state index in [-0.39, 0.29) is 11.8 Å². The summed E-state index contributed by atoms with van der Waals surface area (Å²) in [5.41, 5.74) is 2.11. The van der Waals surface area contributed by atoms with Gasteiger partial charge in [-0.25, -0.2) is 4.98 Å². The van der Waals surface area contributed by atoms with Crippen LogP contribution in [0.3, 0.4) is 0 Å². The second kappa shape index (κ2) is 5.22. The van der Waals surface area contributed by atoms with Crippen LogP contribution < -0.4 is 10.2 Å². The predicted molar refractivity (Wildman–Crippen MR) is 83.8 cm³/mol. The van der Waals surface area contributed by atoms with Crippen molar-refractivity contribution >= 4 is 44.2 Å². The van der Waals surface area contributed by atoms with Crippen molar-refractivity contribution in [2.75, 3.05) is 25.0 Å². The van der Waals surface area contributed by atoms with Gasteiger partial charge in [0.2, 0.25) is 5.91 Å². The molecule has 1 aromatic carbocycles. The maximum absolute atomic E-state index is 11.7. The normalized spacial score (nSPS) is 18.8. The van der Waals surface area contributed by atoms with Gasteiger partial charge in [0, 0.05) is 20.1 Å². The number of nitrogens with one attached hydrogen (secondary N) is 1. The second-order valence-electron chi connectivity index (χ2n) is 5.08. The number of thiazole rings is 1. The SMILES string of the molecule is CNC(=O)C1CCN(c2nc3c(C)ccc(Cl)c3s2)C1. The lowest BCUT2D eigenvalue weighted by atomic mass is 10.1. The minimum atomic E-state index is 0.0589. The number of carbonyl (C=O) groups excluding carboxylic acids is 1. The number of aromatic nitrogens is 1. The third-order valence-electron chi connectivity index (χ3n) is 3.76. The molecule has 3 rings (SSSR count). The molecule has 106 valence electrons. The van der Waals surface area contributed by atoms with E-state index in [0.29, 0.717) is 0 Å². The van der Waals surface area contributed by atoms with Crippen LogP contribution in [0.1, 0.15) is 12.0 Å². The van der Waals surface area contributed by atoms with E-state index in [1.165, 1.54) is 0 Å². The molecule has 1 unspecified atom stereocenters. The molecule has 0 aliphatic carbocycles. The molecule has 1 saturated heterocycles. The molecule has 1 N–H and O–H groups in total. The molecule has 1 fully saturated rings. The van der Waals surface area contributed by atoms with Crippen LogP contribution in [0.2, 0.25) is 5.02 Å². The minimum absolute atomic E-state index is 0.0589. The van der Waals surface area contributed by atoms with Crippen molar-refractivity contribution in [3.63, 3.8) is 0 Å².